The number of benzene rings is 2. The maximum atomic E-state index is 12.6. The van der Waals surface area contributed by atoms with Crippen LogP contribution in [-0.4, -0.2) is 14.3 Å². The average molecular weight is 385 g/mol. The molecule has 0 aliphatic rings. The first-order chi connectivity index (χ1) is 12.9. The third-order valence-corrected chi connectivity index (χ3v) is 5.43. The van der Waals surface area contributed by atoms with E-state index >= 15 is 0 Å². The molecule has 1 aromatic heterocycles. The fraction of sp³-hybridized carbons (Fsp3) is 0.150. The number of aryl methyl sites for hydroxylation is 2. The van der Waals surface area contributed by atoms with E-state index in [2.05, 4.69) is 4.72 Å². The average Bonchev–Trinajstić information content (AvgIpc) is 3.09. The zero-order valence-corrected chi connectivity index (χ0v) is 15.7. The normalized spacial score (nSPS) is 11.2. The number of ether oxygens (including phenoxy) is 1. The first-order valence-electron chi connectivity index (χ1n) is 8.25. The summed E-state index contributed by atoms with van der Waals surface area (Å²) in [6.45, 7) is 3.62. The van der Waals surface area contributed by atoms with Crippen LogP contribution in [0.2, 0.25) is 0 Å². The fourth-order valence-electron chi connectivity index (χ4n) is 2.65. The molecule has 0 radical (unpaired) electrons. The molecular weight excluding hydrogens is 366 g/mol. The van der Waals surface area contributed by atoms with Crippen molar-refractivity contribution < 1.29 is 22.4 Å². The molecule has 1 heterocycles. The molecule has 0 bridgehead atoms. The highest BCUT2D eigenvalue weighted by atomic mass is 32.2. The van der Waals surface area contributed by atoms with E-state index < -0.39 is 15.9 Å². The molecule has 140 valence electrons. The first-order valence-corrected chi connectivity index (χ1v) is 9.74. The SMILES string of the molecule is Cc1ccc(S(=O)(=O)NC(=O)c2occc2COc2ccccc2)c(C)c1. The third-order valence-electron chi connectivity index (χ3n) is 3.94. The van der Waals surface area contributed by atoms with Crippen molar-refractivity contribution in [3.63, 3.8) is 0 Å². The Morgan fingerprint density at radius 1 is 1.07 bits per heavy atom. The summed E-state index contributed by atoms with van der Waals surface area (Å²) in [6, 6.07) is 15.5. The van der Waals surface area contributed by atoms with Gasteiger partial charge >= 0.3 is 5.91 Å². The van der Waals surface area contributed by atoms with Crippen LogP contribution >= 0.6 is 0 Å². The smallest absolute Gasteiger partial charge is 0.301 e. The van der Waals surface area contributed by atoms with Gasteiger partial charge in [-0.15, -0.1) is 0 Å². The highest BCUT2D eigenvalue weighted by Gasteiger charge is 2.24. The van der Waals surface area contributed by atoms with Gasteiger partial charge in [0, 0.05) is 5.56 Å². The second kappa shape index (κ2) is 7.67. The zero-order chi connectivity index (χ0) is 19.4. The van der Waals surface area contributed by atoms with Gasteiger partial charge in [-0.2, -0.15) is 0 Å². The van der Waals surface area contributed by atoms with Crippen molar-refractivity contribution in [2.75, 3.05) is 0 Å². The summed E-state index contributed by atoms with van der Waals surface area (Å²) < 4.78 is 38.0. The van der Waals surface area contributed by atoms with Crippen LogP contribution in [-0.2, 0) is 16.6 Å². The Labute approximate surface area is 157 Å². The Balaban J connectivity index is 1.76. The Kier molecular flexibility index (Phi) is 5.32. The molecule has 0 aliphatic carbocycles. The number of nitrogens with one attached hydrogen (secondary N) is 1. The summed E-state index contributed by atoms with van der Waals surface area (Å²) in [6.07, 6.45) is 1.32. The molecule has 27 heavy (non-hydrogen) atoms. The lowest BCUT2D eigenvalue weighted by Crippen LogP contribution is -2.31. The summed E-state index contributed by atoms with van der Waals surface area (Å²) >= 11 is 0. The van der Waals surface area contributed by atoms with E-state index in [4.69, 9.17) is 9.15 Å². The van der Waals surface area contributed by atoms with Crippen molar-refractivity contribution in [1.82, 2.24) is 4.72 Å². The van der Waals surface area contributed by atoms with Crippen LogP contribution in [0.1, 0.15) is 27.2 Å². The number of furan rings is 1. The van der Waals surface area contributed by atoms with Crippen molar-refractivity contribution in [3.05, 3.63) is 83.3 Å². The van der Waals surface area contributed by atoms with Gasteiger partial charge in [0.25, 0.3) is 10.0 Å². The molecular formula is C20H19NO5S. The molecule has 0 spiro atoms. The number of amides is 1. The van der Waals surface area contributed by atoms with E-state index in [1.807, 2.05) is 25.1 Å². The minimum Gasteiger partial charge on any atom is -0.489 e. The van der Waals surface area contributed by atoms with Crippen LogP contribution in [0.3, 0.4) is 0 Å². The van der Waals surface area contributed by atoms with Crippen LogP contribution in [0.4, 0.5) is 0 Å². The summed E-state index contributed by atoms with van der Waals surface area (Å²) in [5.41, 5.74) is 1.94. The maximum absolute atomic E-state index is 12.6. The molecule has 2 aromatic carbocycles. The van der Waals surface area contributed by atoms with Gasteiger partial charge in [-0.3, -0.25) is 4.79 Å². The minimum absolute atomic E-state index is 0.0510. The van der Waals surface area contributed by atoms with Crippen LogP contribution in [0, 0.1) is 13.8 Å². The van der Waals surface area contributed by atoms with E-state index in [9.17, 15) is 13.2 Å². The minimum atomic E-state index is -4.02. The van der Waals surface area contributed by atoms with Gasteiger partial charge in [0.2, 0.25) is 0 Å². The topological polar surface area (TPSA) is 85.6 Å². The predicted molar refractivity (Wildman–Crippen MR) is 100 cm³/mol. The number of carbonyl (C=O) groups excluding carboxylic acids is 1. The molecule has 0 aliphatic heterocycles. The summed E-state index contributed by atoms with van der Waals surface area (Å²) in [4.78, 5) is 12.5. The Morgan fingerprint density at radius 2 is 1.81 bits per heavy atom. The van der Waals surface area contributed by atoms with Crippen molar-refractivity contribution in [2.24, 2.45) is 0 Å². The second-order valence-electron chi connectivity index (χ2n) is 6.08. The first kappa shape index (κ1) is 18.7. The number of hydrogen-bond acceptors (Lipinski definition) is 5. The number of rotatable bonds is 6. The number of carbonyl (C=O) groups is 1. The lowest BCUT2D eigenvalue weighted by Gasteiger charge is -2.10. The van der Waals surface area contributed by atoms with E-state index in [-0.39, 0.29) is 17.3 Å². The second-order valence-corrected chi connectivity index (χ2v) is 7.73. The zero-order valence-electron chi connectivity index (χ0n) is 14.9. The summed E-state index contributed by atoms with van der Waals surface area (Å²) in [7, 11) is -4.02. The number of para-hydroxylation sites is 1. The monoisotopic (exact) mass is 385 g/mol. The van der Waals surface area contributed by atoms with Crippen LogP contribution in [0.25, 0.3) is 0 Å². The highest BCUT2D eigenvalue weighted by molar-refractivity contribution is 7.90. The van der Waals surface area contributed by atoms with Gasteiger partial charge in [0.15, 0.2) is 5.76 Å². The molecule has 0 unspecified atom stereocenters. The summed E-state index contributed by atoms with van der Waals surface area (Å²) in [5.74, 6) is -0.307. The lowest BCUT2D eigenvalue weighted by molar-refractivity contribution is 0.0951. The molecule has 0 fully saturated rings. The Bertz CT molecular complexity index is 1050. The van der Waals surface area contributed by atoms with Gasteiger partial charge in [0.05, 0.1) is 11.2 Å². The van der Waals surface area contributed by atoms with E-state index in [0.717, 1.165) is 5.56 Å². The highest BCUT2D eigenvalue weighted by Crippen LogP contribution is 2.19. The molecule has 0 atom stereocenters. The largest absolute Gasteiger partial charge is 0.489 e. The molecule has 7 heteroatoms. The van der Waals surface area contributed by atoms with Crippen molar-refractivity contribution in [3.8, 4) is 5.75 Å². The number of hydrogen-bond donors (Lipinski definition) is 1. The Hall–Kier alpha value is -3.06. The van der Waals surface area contributed by atoms with Gasteiger partial charge < -0.3 is 9.15 Å². The molecule has 0 saturated carbocycles. The summed E-state index contributed by atoms with van der Waals surface area (Å²) in [5, 5.41) is 0. The van der Waals surface area contributed by atoms with Crippen LogP contribution < -0.4 is 9.46 Å². The fourth-order valence-corrected chi connectivity index (χ4v) is 3.83. The van der Waals surface area contributed by atoms with Gasteiger partial charge in [0.1, 0.15) is 12.4 Å². The molecule has 1 amide bonds. The molecule has 6 nitrogen and oxygen atoms in total. The third kappa shape index (κ3) is 4.38. The van der Waals surface area contributed by atoms with Gasteiger partial charge in [-0.25, -0.2) is 13.1 Å². The molecule has 0 saturated heterocycles. The van der Waals surface area contributed by atoms with Crippen molar-refractivity contribution in [2.45, 2.75) is 25.3 Å². The van der Waals surface area contributed by atoms with E-state index in [0.29, 0.717) is 16.9 Å². The standard InChI is InChI=1S/C20H19NO5S/c1-14-8-9-18(15(2)12-14)27(23,24)21-20(22)19-16(10-11-25-19)13-26-17-6-4-3-5-7-17/h3-12H,13H2,1-2H3,(H,21,22). The van der Waals surface area contributed by atoms with Crippen molar-refractivity contribution >= 4 is 15.9 Å². The maximum Gasteiger partial charge on any atom is 0.301 e. The van der Waals surface area contributed by atoms with Crippen LogP contribution in [0.5, 0.6) is 5.75 Å². The van der Waals surface area contributed by atoms with Crippen molar-refractivity contribution in [1.29, 1.82) is 0 Å². The van der Waals surface area contributed by atoms with E-state index in [1.54, 1.807) is 37.3 Å². The van der Waals surface area contributed by atoms with Gasteiger partial charge in [-0.05, 0) is 43.7 Å². The quantitative estimate of drug-likeness (QED) is 0.701. The molecule has 3 rings (SSSR count). The Morgan fingerprint density at radius 3 is 2.52 bits per heavy atom. The lowest BCUT2D eigenvalue weighted by atomic mass is 10.2. The van der Waals surface area contributed by atoms with E-state index in [1.165, 1.54) is 12.3 Å². The molecule has 3 aromatic rings. The van der Waals surface area contributed by atoms with Gasteiger partial charge in [-0.1, -0.05) is 35.9 Å². The van der Waals surface area contributed by atoms with Crippen LogP contribution in [0.15, 0.2) is 70.2 Å². The molecule has 1 N–H and O–H groups in total. The predicted octanol–water partition coefficient (Wildman–Crippen LogP) is 3.59. The number of sulfonamides is 1.